The highest BCUT2D eigenvalue weighted by Gasteiger charge is 2.32. The molecule has 6 rings (SSSR count). The Morgan fingerprint density at radius 3 is 2.24 bits per heavy atom. The molecule has 4 aromatic rings. The predicted molar refractivity (Wildman–Crippen MR) is 178 cm³/mol. The molecule has 1 fully saturated rings. The van der Waals surface area contributed by atoms with E-state index in [-0.39, 0.29) is 29.4 Å². The second-order valence-corrected chi connectivity index (χ2v) is 12.0. The summed E-state index contributed by atoms with van der Waals surface area (Å²) >= 11 is 0. The van der Waals surface area contributed by atoms with Crippen LogP contribution in [0.25, 0.3) is 23.4 Å². The summed E-state index contributed by atoms with van der Waals surface area (Å²) in [5, 5.41) is 0. The summed E-state index contributed by atoms with van der Waals surface area (Å²) in [6.45, 7) is 2.89. The van der Waals surface area contributed by atoms with E-state index in [1.54, 1.807) is 21.3 Å². The van der Waals surface area contributed by atoms with E-state index in [0.29, 0.717) is 42.2 Å². The Kier molecular flexibility index (Phi) is 9.15. The first-order valence-electron chi connectivity index (χ1n) is 16.0. The van der Waals surface area contributed by atoms with Crippen LogP contribution in [-0.2, 0) is 11.3 Å². The fourth-order valence-corrected chi connectivity index (χ4v) is 6.62. The molecule has 232 valence electrons. The second kappa shape index (κ2) is 13.6. The number of amides is 1. The van der Waals surface area contributed by atoms with Gasteiger partial charge in [-0.15, -0.1) is 0 Å². The number of imidazole rings is 1. The van der Waals surface area contributed by atoms with Crippen molar-refractivity contribution in [1.82, 2.24) is 14.0 Å². The number of para-hydroxylation sites is 1. The highest BCUT2D eigenvalue weighted by Crippen LogP contribution is 2.38. The lowest BCUT2D eigenvalue weighted by Gasteiger charge is -2.33. The Morgan fingerprint density at radius 1 is 0.889 bits per heavy atom. The zero-order valence-electron chi connectivity index (χ0n) is 26.0. The molecular weight excluding hydrogens is 565 g/mol. The fraction of sp³-hybridized carbons (Fsp3) is 0.316. The van der Waals surface area contributed by atoms with Crippen LogP contribution in [0.5, 0.6) is 5.75 Å². The monoisotopic (exact) mass is 605 g/mol. The molecule has 2 aliphatic rings. The average molecular weight is 606 g/mol. The smallest absolute Gasteiger partial charge is 0.333 e. The second-order valence-electron chi connectivity index (χ2n) is 12.0. The Morgan fingerprint density at radius 2 is 1.56 bits per heavy atom. The molecule has 0 N–H and O–H groups in total. The van der Waals surface area contributed by atoms with Crippen molar-refractivity contribution in [3.05, 3.63) is 124 Å². The van der Waals surface area contributed by atoms with Crippen LogP contribution in [0.15, 0.2) is 95.3 Å². The van der Waals surface area contributed by atoms with Crippen LogP contribution in [0, 0.1) is 11.7 Å². The molecule has 1 heterocycles. The number of hydrogen-bond donors (Lipinski definition) is 0. The molecular formula is C38H40FN3O3. The van der Waals surface area contributed by atoms with Crippen LogP contribution in [0.3, 0.4) is 0 Å². The molecule has 0 aliphatic heterocycles. The molecule has 0 unspecified atom stereocenters. The summed E-state index contributed by atoms with van der Waals surface area (Å²) in [7, 11) is 1.92. The minimum absolute atomic E-state index is 0.00924. The molecule has 3 aromatic carbocycles. The molecule has 2 aliphatic carbocycles. The standard InChI is InChI=1S/C38H40FN3O3/c1-27-33(28-13-6-3-7-14-28)25-36-35(26-34(27)37(43)40(2)30-15-8-4-9-16-30)41(23-12-24-45-32-17-10-5-11-18-32)38(44)42(36)31-21-19-29(39)20-22-31/h3,5-7,10-11,13-14,17-22,25-27,30H,4,8-9,12,15-16,23-24H2,1-2H3/t27-/m1/s1. The quantitative estimate of drug-likeness (QED) is 0.185. The van der Waals surface area contributed by atoms with Gasteiger partial charge in [-0.3, -0.25) is 13.9 Å². The van der Waals surface area contributed by atoms with Gasteiger partial charge in [0.1, 0.15) is 11.6 Å². The number of hydrogen-bond acceptors (Lipinski definition) is 3. The Bertz CT molecular complexity index is 1750. The van der Waals surface area contributed by atoms with E-state index in [0.717, 1.165) is 42.6 Å². The molecule has 1 atom stereocenters. The van der Waals surface area contributed by atoms with Crippen LogP contribution in [0.4, 0.5) is 4.39 Å². The number of halogens is 1. The van der Waals surface area contributed by atoms with Crippen LogP contribution in [-0.4, -0.2) is 39.6 Å². The van der Waals surface area contributed by atoms with Gasteiger partial charge in [-0.1, -0.05) is 74.7 Å². The maximum Gasteiger partial charge on any atom is 0.333 e. The summed E-state index contributed by atoms with van der Waals surface area (Å²) < 4.78 is 23.3. The minimum atomic E-state index is -0.372. The maximum atomic E-state index is 14.3. The van der Waals surface area contributed by atoms with Gasteiger partial charge in [0.05, 0.1) is 23.7 Å². The van der Waals surface area contributed by atoms with Crippen LogP contribution in [0.1, 0.15) is 62.4 Å². The number of ether oxygens (including phenoxy) is 1. The Labute approximate surface area is 264 Å². The van der Waals surface area contributed by atoms with Crippen LogP contribution >= 0.6 is 0 Å². The number of aromatic nitrogens is 2. The topological polar surface area (TPSA) is 56.5 Å². The van der Waals surface area contributed by atoms with Gasteiger partial charge in [0.25, 0.3) is 0 Å². The van der Waals surface area contributed by atoms with Gasteiger partial charge in [-0.05, 0) is 78.9 Å². The highest BCUT2D eigenvalue weighted by molar-refractivity contribution is 6.04. The van der Waals surface area contributed by atoms with E-state index in [2.05, 4.69) is 6.92 Å². The van der Waals surface area contributed by atoms with Crippen molar-refractivity contribution in [1.29, 1.82) is 0 Å². The summed E-state index contributed by atoms with van der Waals surface area (Å²) in [6, 6.07) is 25.8. The van der Waals surface area contributed by atoms with Crippen molar-refractivity contribution >= 4 is 23.6 Å². The van der Waals surface area contributed by atoms with E-state index in [9.17, 15) is 14.0 Å². The van der Waals surface area contributed by atoms with Crippen molar-refractivity contribution in [3.63, 3.8) is 0 Å². The molecule has 1 aromatic heterocycles. The number of allylic oxidation sites excluding steroid dienone is 1. The molecule has 0 saturated heterocycles. The van der Waals surface area contributed by atoms with Crippen LogP contribution < -0.4 is 10.4 Å². The maximum absolute atomic E-state index is 14.3. The number of rotatable bonds is 9. The number of nitrogens with zero attached hydrogens (tertiary/aromatic N) is 3. The van der Waals surface area contributed by atoms with Gasteiger partial charge in [0, 0.05) is 31.1 Å². The van der Waals surface area contributed by atoms with Gasteiger partial charge in [-0.25, -0.2) is 9.18 Å². The van der Waals surface area contributed by atoms with Crippen LogP contribution in [0.2, 0.25) is 0 Å². The van der Waals surface area contributed by atoms with E-state index in [1.807, 2.05) is 84.8 Å². The third-order valence-electron chi connectivity index (χ3n) is 9.15. The predicted octanol–water partition coefficient (Wildman–Crippen LogP) is 7.61. The summed E-state index contributed by atoms with van der Waals surface area (Å²) in [6.07, 6.45) is 10.0. The largest absolute Gasteiger partial charge is 0.494 e. The molecule has 0 bridgehead atoms. The summed E-state index contributed by atoms with van der Waals surface area (Å²) in [4.78, 5) is 30.5. The lowest BCUT2D eigenvalue weighted by Crippen LogP contribution is -2.40. The number of fused-ring (bicyclic) bond motifs is 1. The molecule has 0 radical (unpaired) electrons. The zero-order valence-corrected chi connectivity index (χ0v) is 26.0. The molecule has 7 heteroatoms. The number of carbonyl (C=O) groups excluding carboxylic acids is 1. The van der Waals surface area contributed by atoms with Crippen molar-refractivity contribution in [3.8, 4) is 11.4 Å². The van der Waals surface area contributed by atoms with E-state index in [4.69, 9.17) is 4.74 Å². The minimum Gasteiger partial charge on any atom is -0.494 e. The van der Waals surface area contributed by atoms with Crippen molar-refractivity contribution in [2.45, 2.75) is 58.0 Å². The van der Waals surface area contributed by atoms with Gasteiger partial charge >= 0.3 is 5.69 Å². The first-order chi connectivity index (χ1) is 21.9. The molecule has 1 amide bonds. The number of carbonyl (C=O) groups is 1. The van der Waals surface area contributed by atoms with E-state index < -0.39 is 0 Å². The Balaban J connectivity index is 1.48. The van der Waals surface area contributed by atoms with Gasteiger partial charge in [-0.2, -0.15) is 0 Å². The van der Waals surface area contributed by atoms with Gasteiger partial charge in [0.15, 0.2) is 0 Å². The first kappa shape index (κ1) is 30.4. The zero-order chi connectivity index (χ0) is 31.3. The van der Waals surface area contributed by atoms with Gasteiger partial charge < -0.3 is 9.64 Å². The highest BCUT2D eigenvalue weighted by atomic mass is 19.1. The molecule has 0 spiro atoms. The normalized spacial score (nSPS) is 16.7. The lowest BCUT2D eigenvalue weighted by molar-refractivity contribution is -0.128. The SMILES string of the molecule is C[C@H]1C(C(=O)N(C)C2CCCCC2)=Cc2c(n(-c3ccc(F)cc3)c(=O)n2CCCOc2ccccc2)C=C1c1ccccc1. The van der Waals surface area contributed by atoms with E-state index in [1.165, 1.54) is 18.6 Å². The lowest BCUT2D eigenvalue weighted by atomic mass is 9.86. The van der Waals surface area contributed by atoms with E-state index >= 15 is 0 Å². The summed E-state index contributed by atoms with van der Waals surface area (Å²) in [5.74, 6) is 0.161. The van der Waals surface area contributed by atoms with Crippen molar-refractivity contribution in [2.75, 3.05) is 13.7 Å². The third-order valence-corrected chi connectivity index (χ3v) is 9.15. The number of benzene rings is 3. The molecule has 6 nitrogen and oxygen atoms in total. The average Bonchev–Trinajstić information content (AvgIpc) is 3.24. The van der Waals surface area contributed by atoms with Crippen molar-refractivity contribution < 1.29 is 13.9 Å². The third kappa shape index (κ3) is 6.44. The first-order valence-corrected chi connectivity index (χ1v) is 16.0. The molecule has 45 heavy (non-hydrogen) atoms. The summed E-state index contributed by atoms with van der Waals surface area (Å²) in [5.41, 5.74) is 4.25. The fourth-order valence-electron chi connectivity index (χ4n) is 6.62. The number of likely N-dealkylation sites (N-methyl/N-ethyl adjacent to an activating group) is 1. The molecule has 1 saturated carbocycles. The van der Waals surface area contributed by atoms with Crippen molar-refractivity contribution in [2.24, 2.45) is 5.92 Å². The van der Waals surface area contributed by atoms with Gasteiger partial charge in [0.2, 0.25) is 5.91 Å². The Hall–Kier alpha value is -4.65.